The van der Waals surface area contributed by atoms with Crippen molar-refractivity contribution in [3.63, 3.8) is 0 Å². The number of nitrogens with zero attached hydrogens (tertiary/aromatic N) is 2. The Kier molecular flexibility index (Phi) is 5.21. The Morgan fingerprint density at radius 1 is 1.12 bits per heavy atom. The standard InChI is InChI=1S/C12H20N2O3/c1-13(2)9-16-12(14(3)4)17-11-7-5-10(15)6-8-11/h5-8,12,15H,9H2,1-4H3. The van der Waals surface area contributed by atoms with E-state index in [-0.39, 0.29) is 5.75 Å². The number of hydrogen-bond donors (Lipinski definition) is 1. The maximum Gasteiger partial charge on any atom is 0.262 e. The van der Waals surface area contributed by atoms with Crippen LogP contribution in [-0.2, 0) is 4.74 Å². The molecule has 0 fully saturated rings. The Balaban J connectivity index is 2.57. The second kappa shape index (κ2) is 6.44. The Morgan fingerprint density at radius 2 is 1.71 bits per heavy atom. The summed E-state index contributed by atoms with van der Waals surface area (Å²) >= 11 is 0. The number of benzene rings is 1. The summed E-state index contributed by atoms with van der Waals surface area (Å²) in [6, 6.07) is 6.55. The molecule has 0 radical (unpaired) electrons. The average Bonchev–Trinajstić information content (AvgIpc) is 2.26. The Hall–Kier alpha value is -1.30. The van der Waals surface area contributed by atoms with Crippen LogP contribution >= 0.6 is 0 Å². The zero-order valence-electron chi connectivity index (χ0n) is 10.8. The molecule has 0 aliphatic rings. The van der Waals surface area contributed by atoms with Gasteiger partial charge in [-0.15, -0.1) is 0 Å². The lowest BCUT2D eigenvalue weighted by Crippen LogP contribution is -2.38. The molecule has 1 unspecified atom stereocenters. The summed E-state index contributed by atoms with van der Waals surface area (Å²) in [6.07, 6.45) is -0.457. The molecular formula is C12H20N2O3. The molecule has 0 aromatic heterocycles. The summed E-state index contributed by atoms with van der Waals surface area (Å²) in [6.45, 7) is 0.473. The molecular weight excluding hydrogens is 220 g/mol. The van der Waals surface area contributed by atoms with Crippen LogP contribution in [0.15, 0.2) is 24.3 Å². The van der Waals surface area contributed by atoms with Crippen LogP contribution in [0, 0.1) is 0 Å². The molecule has 96 valence electrons. The smallest absolute Gasteiger partial charge is 0.262 e. The number of phenols is 1. The summed E-state index contributed by atoms with van der Waals surface area (Å²) in [5.41, 5.74) is 0. The first kappa shape index (κ1) is 13.8. The van der Waals surface area contributed by atoms with Crippen molar-refractivity contribution in [2.45, 2.75) is 6.41 Å². The number of aromatic hydroxyl groups is 1. The van der Waals surface area contributed by atoms with E-state index in [0.29, 0.717) is 12.5 Å². The summed E-state index contributed by atoms with van der Waals surface area (Å²) in [4.78, 5) is 3.74. The lowest BCUT2D eigenvalue weighted by molar-refractivity contribution is -0.178. The minimum absolute atomic E-state index is 0.216. The van der Waals surface area contributed by atoms with Gasteiger partial charge in [-0.2, -0.15) is 0 Å². The second-order valence-electron chi connectivity index (χ2n) is 4.26. The summed E-state index contributed by atoms with van der Waals surface area (Å²) in [7, 11) is 7.60. The molecule has 0 spiro atoms. The van der Waals surface area contributed by atoms with Crippen LogP contribution < -0.4 is 4.74 Å². The van der Waals surface area contributed by atoms with Gasteiger partial charge in [0.15, 0.2) is 0 Å². The summed E-state index contributed by atoms with van der Waals surface area (Å²) < 4.78 is 11.2. The molecule has 1 aromatic rings. The van der Waals surface area contributed by atoms with Crippen molar-refractivity contribution in [2.75, 3.05) is 34.9 Å². The molecule has 0 saturated heterocycles. The van der Waals surface area contributed by atoms with Crippen LogP contribution in [0.25, 0.3) is 0 Å². The van der Waals surface area contributed by atoms with Crippen molar-refractivity contribution >= 4 is 0 Å². The molecule has 1 N–H and O–H groups in total. The van der Waals surface area contributed by atoms with Gasteiger partial charge in [0.25, 0.3) is 6.41 Å². The zero-order valence-corrected chi connectivity index (χ0v) is 10.8. The van der Waals surface area contributed by atoms with E-state index in [1.165, 1.54) is 0 Å². The summed E-state index contributed by atoms with van der Waals surface area (Å²) in [5.74, 6) is 0.869. The SMILES string of the molecule is CN(C)COC(Oc1ccc(O)cc1)N(C)C. The molecule has 17 heavy (non-hydrogen) atoms. The first-order chi connectivity index (χ1) is 7.99. The number of hydrogen-bond acceptors (Lipinski definition) is 5. The van der Waals surface area contributed by atoms with Gasteiger partial charge in [-0.1, -0.05) is 0 Å². The van der Waals surface area contributed by atoms with Gasteiger partial charge >= 0.3 is 0 Å². The van der Waals surface area contributed by atoms with E-state index in [0.717, 1.165) is 0 Å². The van der Waals surface area contributed by atoms with Gasteiger partial charge in [0, 0.05) is 0 Å². The molecule has 1 atom stereocenters. The van der Waals surface area contributed by atoms with Crippen LogP contribution in [0.4, 0.5) is 0 Å². The highest BCUT2D eigenvalue weighted by atomic mass is 16.7. The van der Waals surface area contributed by atoms with E-state index < -0.39 is 6.41 Å². The Labute approximate surface area is 102 Å². The highest BCUT2D eigenvalue weighted by Gasteiger charge is 2.13. The monoisotopic (exact) mass is 240 g/mol. The van der Waals surface area contributed by atoms with E-state index in [2.05, 4.69) is 0 Å². The minimum Gasteiger partial charge on any atom is -0.508 e. The van der Waals surface area contributed by atoms with Crippen molar-refractivity contribution in [3.8, 4) is 11.5 Å². The predicted octanol–water partition coefficient (Wildman–Crippen LogP) is 1.15. The lowest BCUT2D eigenvalue weighted by Gasteiger charge is -2.26. The molecule has 5 heteroatoms. The third kappa shape index (κ3) is 5.04. The third-order valence-electron chi connectivity index (χ3n) is 1.97. The fourth-order valence-corrected chi connectivity index (χ4v) is 1.14. The first-order valence-electron chi connectivity index (χ1n) is 5.37. The van der Waals surface area contributed by atoms with Crippen molar-refractivity contribution in [2.24, 2.45) is 0 Å². The van der Waals surface area contributed by atoms with Gasteiger partial charge in [-0.3, -0.25) is 9.80 Å². The number of rotatable bonds is 6. The zero-order chi connectivity index (χ0) is 12.8. The van der Waals surface area contributed by atoms with E-state index in [1.807, 2.05) is 38.0 Å². The fourth-order valence-electron chi connectivity index (χ4n) is 1.14. The first-order valence-corrected chi connectivity index (χ1v) is 5.37. The minimum atomic E-state index is -0.457. The average molecular weight is 240 g/mol. The molecule has 0 amide bonds. The molecule has 1 aromatic carbocycles. The van der Waals surface area contributed by atoms with E-state index in [4.69, 9.17) is 9.47 Å². The molecule has 5 nitrogen and oxygen atoms in total. The predicted molar refractivity (Wildman–Crippen MR) is 65.8 cm³/mol. The maximum absolute atomic E-state index is 9.17. The van der Waals surface area contributed by atoms with Gasteiger partial charge in [-0.05, 0) is 52.5 Å². The largest absolute Gasteiger partial charge is 0.508 e. The van der Waals surface area contributed by atoms with Crippen LogP contribution in [0.1, 0.15) is 0 Å². The van der Waals surface area contributed by atoms with Crippen LogP contribution in [-0.4, -0.2) is 56.2 Å². The van der Waals surface area contributed by atoms with Gasteiger partial charge in [-0.25, -0.2) is 0 Å². The molecule has 0 aliphatic carbocycles. The van der Waals surface area contributed by atoms with Crippen LogP contribution in [0.5, 0.6) is 11.5 Å². The van der Waals surface area contributed by atoms with Gasteiger partial charge < -0.3 is 14.6 Å². The van der Waals surface area contributed by atoms with E-state index in [1.54, 1.807) is 24.3 Å². The van der Waals surface area contributed by atoms with Gasteiger partial charge in [0.2, 0.25) is 0 Å². The normalized spacial score (nSPS) is 13.1. The van der Waals surface area contributed by atoms with Crippen molar-refractivity contribution < 1.29 is 14.6 Å². The fraction of sp³-hybridized carbons (Fsp3) is 0.500. The van der Waals surface area contributed by atoms with Crippen molar-refractivity contribution in [1.82, 2.24) is 9.80 Å². The highest BCUT2D eigenvalue weighted by molar-refractivity contribution is 5.30. The Morgan fingerprint density at radius 3 is 2.18 bits per heavy atom. The second-order valence-corrected chi connectivity index (χ2v) is 4.26. The molecule has 0 saturated carbocycles. The molecule has 0 aliphatic heterocycles. The highest BCUT2D eigenvalue weighted by Crippen LogP contribution is 2.18. The lowest BCUT2D eigenvalue weighted by atomic mass is 10.3. The van der Waals surface area contributed by atoms with Crippen molar-refractivity contribution in [3.05, 3.63) is 24.3 Å². The Bertz CT molecular complexity index is 325. The molecule has 1 rings (SSSR count). The van der Waals surface area contributed by atoms with Gasteiger partial charge in [0.05, 0.1) is 0 Å². The summed E-state index contributed by atoms with van der Waals surface area (Å²) in [5, 5.41) is 9.17. The van der Waals surface area contributed by atoms with Crippen LogP contribution in [0.2, 0.25) is 0 Å². The van der Waals surface area contributed by atoms with E-state index >= 15 is 0 Å². The quantitative estimate of drug-likeness (QED) is 0.756. The van der Waals surface area contributed by atoms with Crippen LogP contribution in [0.3, 0.4) is 0 Å². The third-order valence-corrected chi connectivity index (χ3v) is 1.97. The molecule has 0 heterocycles. The van der Waals surface area contributed by atoms with Crippen molar-refractivity contribution in [1.29, 1.82) is 0 Å². The van der Waals surface area contributed by atoms with Gasteiger partial charge in [0.1, 0.15) is 18.2 Å². The topological polar surface area (TPSA) is 45.2 Å². The number of ether oxygens (including phenoxy) is 2. The number of phenolic OH excluding ortho intramolecular Hbond substituents is 1. The maximum atomic E-state index is 9.17. The molecule has 0 bridgehead atoms. The van der Waals surface area contributed by atoms with E-state index in [9.17, 15) is 5.11 Å².